The van der Waals surface area contributed by atoms with E-state index in [1.165, 1.54) is 12.3 Å². The van der Waals surface area contributed by atoms with Crippen molar-refractivity contribution in [3.8, 4) is 0 Å². The van der Waals surface area contributed by atoms with E-state index < -0.39 is 0 Å². The van der Waals surface area contributed by atoms with Crippen LogP contribution in [0.15, 0.2) is 60.8 Å². The molecule has 0 fully saturated rings. The van der Waals surface area contributed by atoms with Crippen LogP contribution < -0.4 is 10.6 Å². The lowest BCUT2D eigenvalue weighted by atomic mass is 9.98. The van der Waals surface area contributed by atoms with Gasteiger partial charge in [0.05, 0.1) is 0 Å². The summed E-state index contributed by atoms with van der Waals surface area (Å²) in [5.74, 6) is -0.348. The van der Waals surface area contributed by atoms with Crippen molar-refractivity contribution in [2.45, 2.75) is 33.6 Å². The van der Waals surface area contributed by atoms with E-state index in [1.807, 2.05) is 56.3 Å². The summed E-state index contributed by atoms with van der Waals surface area (Å²) in [4.78, 5) is 29.6. The summed E-state index contributed by atoms with van der Waals surface area (Å²) in [5.41, 5.74) is 5.13. The van der Waals surface area contributed by atoms with Crippen molar-refractivity contribution < 1.29 is 9.59 Å². The summed E-state index contributed by atoms with van der Waals surface area (Å²) in [5, 5.41) is 5.85. The molecule has 0 aliphatic heterocycles. The maximum absolute atomic E-state index is 12.9. The van der Waals surface area contributed by atoms with Gasteiger partial charge in [-0.05, 0) is 54.7 Å². The smallest absolute Gasteiger partial charge is 0.274 e. The minimum absolute atomic E-state index is 0.190. The molecular weight excluding hydrogens is 362 g/mol. The minimum Gasteiger partial charge on any atom is -0.321 e. The second-order valence-corrected chi connectivity index (χ2v) is 7.35. The highest BCUT2D eigenvalue weighted by Gasteiger charge is 2.16. The van der Waals surface area contributed by atoms with E-state index in [4.69, 9.17) is 0 Å². The summed E-state index contributed by atoms with van der Waals surface area (Å²) in [7, 11) is 0. The van der Waals surface area contributed by atoms with Gasteiger partial charge in [0.1, 0.15) is 5.69 Å². The van der Waals surface area contributed by atoms with Gasteiger partial charge in [0.15, 0.2) is 0 Å². The molecule has 0 saturated carbocycles. The van der Waals surface area contributed by atoms with E-state index in [2.05, 4.69) is 29.5 Å². The van der Waals surface area contributed by atoms with E-state index in [9.17, 15) is 9.59 Å². The molecule has 1 aromatic heterocycles. The zero-order valence-electron chi connectivity index (χ0n) is 17.1. The summed E-state index contributed by atoms with van der Waals surface area (Å²) in [6, 6.07) is 16.6. The Kier molecular flexibility index (Phi) is 6.07. The Labute approximate surface area is 171 Å². The number of carbonyl (C=O) groups is 2. The van der Waals surface area contributed by atoms with Gasteiger partial charge >= 0.3 is 0 Å². The van der Waals surface area contributed by atoms with Gasteiger partial charge in [-0.2, -0.15) is 0 Å². The molecule has 2 amide bonds. The van der Waals surface area contributed by atoms with E-state index in [1.54, 1.807) is 6.07 Å². The van der Waals surface area contributed by atoms with Crippen LogP contribution in [0.1, 0.15) is 57.3 Å². The fourth-order valence-corrected chi connectivity index (χ4v) is 3.12. The summed E-state index contributed by atoms with van der Waals surface area (Å²) < 4.78 is 0. The first-order valence-electron chi connectivity index (χ1n) is 9.60. The van der Waals surface area contributed by atoms with E-state index in [-0.39, 0.29) is 23.4 Å². The molecule has 2 aromatic carbocycles. The van der Waals surface area contributed by atoms with Gasteiger partial charge in [0.25, 0.3) is 11.8 Å². The van der Waals surface area contributed by atoms with Crippen LogP contribution in [0, 0.1) is 13.8 Å². The van der Waals surface area contributed by atoms with Gasteiger partial charge in [0, 0.05) is 23.1 Å². The van der Waals surface area contributed by atoms with Gasteiger partial charge in [0.2, 0.25) is 0 Å². The Hall–Kier alpha value is -3.47. The maximum atomic E-state index is 12.9. The number of rotatable bonds is 5. The Morgan fingerprint density at radius 3 is 2.31 bits per heavy atom. The van der Waals surface area contributed by atoms with E-state index in [0.717, 1.165) is 28.1 Å². The SMILES string of the molecule is Cc1ccccc1NC(=O)c1cc(C(=O)Nc2c(C)cccc2C(C)C)ccn1. The fraction of sp³-hybridized carbons (Fsp3) is 0.208. The van der Waals surface area contributed by atoms with Gasteiger partial charge in [-0.3, -0.25) is 14.6 Å². The van der Waals surface area contributed by atoms with Crippen LogP contribution in [0.5, 0.6) is 0 Å². The van der Waals surface area contributed by atoms with Gasteiger partial charge in [-0.15, -0.1) is 0 Å². The molecule has 5 heteroatoms. The second kappa shape index (κ2) is 8.69. The van der Waals surface area contributed by atoms with Crippen LogP contribution in [0.2, 0.25) is 0 Å². The summed E-state index contributed by atoms with van der Waals surface area (Å²) in [6.45, 7) is 8.06. The average Bonchev–Trinajstić information content (AvgIpc) is 2.71. The molecule has 0 bridgehead atoms. The standard InChI is InChI=1S/C24H25N3O2/c1-15(2)19-10-7-9-17(4)22(19)27-23(28)18-12-13-25-21(14-18)24(29)26-20-11-6-5-8-16(20)3/h5-15H,1-4H3,(H,26,29)(H,27,28). The lowest BCUT2D eigenvalue weighted by Gasteiger charge is -2.16. The van der Waals surface area contributed by atoms with Gasteiger partial charge < -0.3 is 10.6 Å². The van der Waals surface area contributed by atoms with E-state index >= 15 is 0 Å². The lowest BCUT2D eigenvalue weighted by Crippen LogP contribution is -2.18. The first kappa shape index (κ1) is 20.3. The number of carbonyl (C=O) groups excluding carboxylic acids is 2. The Morgan fingerprint density at radius 2 is 1.59 bits per heavy atom. The minimum atomic E-state index is -0.354. The summed E-state index contributed by atoms with van der Waals surface area (Å²) in [6.07, 6.45) is 1.48. The number of hydrogen-bond acceptors (Lipinski definition) is 3. The van der Waals surface area contributed by atoms with Crippen LogP contribution in [0.3, 0.4) is 0 Å². The molecule has 0 spiro atoms. The highest BCUT2D eigenvalue weighted by molar-refractivity contribution is 6.08. The normalized spacial score (nSPS) is 10.7. The molecule has 0 aliphatic rings. The predicted octanol–water partition coefficient (Wildman–Crippen LogP) is 5.33. The first-order valence-corrected chi connectivity index (χ1v) is 9.60. The molecule has 0 unspecified atom stereocenters. The van der Waals surface area contributed by atoms with Crippen molar-refractivity contribution in [1.29, 1.82) is 0 Å². The number of nitrogens with one attached hydrogen (secondary N) is 2. The van der Waals surface area contributed by atoms with Crippen molar-refractivity contribution in [2.24, 2.45) is 0 Å². The third-order valence-corrected chi connectivity index (χ3v) is 4.81. The number of para-hydroxylation sites is 2. The molecule has 0 radical (unpaired) electrons. The quantitative estimate of drug-likeness (QED) is 0.622. The van der Waals surface area contributed by atoms with Crippen LogP contribution in [-0.2, 0) is 0 Å². The third kappa shape index (κ3) is 4.69. The van der Waals surface area contributed by atoms with Gasteiger partial charge in [-0.1, -0.05) is 50.2 Å². The van der Waals surface area contributed by atoms with Crippen molar-refractivity contribution in [3.63, 3.8) is 0 Å². The number of anilines is 2. The van der Waals surface area contributed by atoms with Crippen molar-refractivity contribution in [3.05, 3.63) is 88.7 Å². The van der Waals surface area contributed by atoms with Crippen LogP contribution >= 0.6 is 0 Å². The first-order chi connectivity index (χ1) is 13.9. The zero-order chi connectivity index (χ0) is 21.0. The highest BCUT2D eigenvalue weighted by Crippen LogP contribution is 2.28. The Bertz CT molecular complexity index is 1060. The monoisotopic (exact) mass is 387 g/mol. The van der Waals surface area contributed by atoms with Crippen molar-refractivity contribution in [2.75, 3.05) is 10.6 Å². The van der Waals surface area contributed by atoms with Crippen LogP contribution in [0.4, 0.5) is 11.4 Å². The highest BCUT2D eigenvalue weighted by atomic mass is 16.2. The molecule has 3 aromatic rings. The predicted molar refractivity (Wildman–Crippen MR) is 117 cm³/mol. The molecule has 2 N–H and O–H groups in total. The lowest BCUT2D eigenvalue weighted by molar-refractivity contribution is 0.102. The molecule has 3 rings (SSSR count). The molecule has 5 nitrogen and oxygen atoms in total. The molecule has 0 atom stereocenters. The third-order valence-electron chi connectivity index (χ3n) is 4.81. The van der Waals surface area contributed by atoms with Crippen molar-refractivity contribution in [1.82, 2.24) is 4.98 Å². The number of benzene rings is 2. The van der Waals surface area contributed by atoms with Crippen molar-refractivity contribution >= 4 is 23.2 Å². The molecular formula is C24H25N3O2. The van der Waals surface area contributed by atoms with E-state index in [0.29, 0.717) is 5.56 Å². The van der Waals surface area contributed by atoms with Crippen LogP contribution in [-0.4, -0.2) is 16.8 Å². The molecule has 148 valence electrons. The second-order valence-electron chi connectivity index (χ2n) is 7.35. The zero-order valence-corrected chi connectivity index (χ0v) is 17.1. The largest absolute Gasteiger partial charge is 0.321 e. The number of aryl methyl sites for hydroxylation is 2. The Balaban J connectivity index is 1.82. The number of aromatic nitrogens is 1. The average molecular weight is 387 g/mol. The molecule has 0 aliphatic carbocycles. The number of hydrogen-bond donors (Lipinski definition) is 2. The number of nitrogens with zero attached hydrogens (tertiary/aromatic N) is 1. The molecule has 0 saturated heterocycles. The number of amides is 2. The molecule has 1 heterocycles. The van der Waals surface area contributed by atoms with Gasteiger partial charge in [-0.25, -0.2) is 0 Å². The summed E-state index contributed by atoms with van der Waals surface area (Å²) >= 11 is 0. The van der Waals surface area contributed by atoms with Crippen LogP contribution in [0.25, 0.3) is 0 Å². The fourth-order valence-electron chi connectivity index (χ4n) is 3.12. The Morgan fingerprint density at radius 1 is 0.862 bits per heavy atom. The number of pyridine rings is 1. The maximum Gasteiger partial charge on any atom is 0.274 e. The molecule has 29 heavy (non-hydrogen) atoms. The topological polar surface area (TPSA) is 71.1 Å².